The fourth-order valence-corrected chi connectivity index (χ4v) is 3.27. The molecule has 106 valence electrons. The highest BCUT2D eigenvalue weighted by Gasteiger charge is 2.29. The molecule has 2 aliphatic rings. The van der Waals surface area contributed by atoms with E-state index in [1.807, 2.05) is 0 Å². The van der Waals surface area contributed by atoms with Crippen molar-refractivity contribution in [2.45, 2.75) is 64.0 Å². The lowest BCUT2D eigenvalue weighted by Gasteiger charge is -2.35. The van der Waals surface area contributed by atoms with Crippen LogP contribution in [-0.2, 0) is 9.47 Å². The van der Waals surface area contributed by atoms with E-state index < -0.39 is 0 Å². The second-order valence-electron chi connectivity index (χ2n) is 6.06. The Morgan fingerprint density at radius 3 is 2.61 bits per heavy atom. The van der Waals surface area contributed by atoms with Crippen molar-refractivity contribution in [2.24, 2.45) is 17.6 Å². The lowest BCUT2D eigenvalue weighted by atomic mass is 9.82. The molecule has 1 saturated carbocycles. The van der Waals surface area contributed by atoms with Crippen LogP contribution in [0.2, 0.25) is 0 Å². The summed E-state index contributed by atoms with van der Waals surface area (Å²) in [5, 5.41) is 0. The molecule has 3 nitrogen and oxygen atoms in total. The first kappa shape index (κ1) is 14.3. The molecule has 2 fully saturated rings. The van der Waals surface area contributed by atoms with Crippen LogP contribution in [-0.4, -0.2) is 32.0 Å². The molecule has 3 atom stereocenters. The molecule has 2 rings (SSSR count). The summed E-state index contributed by atoms with van der Waals surface area (Å²) in [7, 11) is 0. The fraction of sp³-hybridized carbons (Fsp3) is 1.00. The molecular weight excluding hydrogens is 226 g/mol. The van der Waals surface area contributed by atoms with Gasteiger partial charge in [-0.2, -0.15) is 0 Å². The Kier molecular flexibility index (Phi) is 5.93. The maximum absolute atomic E-state index is 6.20. The third kappa shape index (κ3) is 4.22. The van der Waals surface area contributed by atoms with Crippen LogP contribution in [0.1, 0.15) is 51.9 Å². The Balaban J connectivity index is 1.72. The number of hydrogen-bond acceptors (Lipinski definition) is 3. The van der Waals surface area contributed by atoms with Crippen LogP contribution in [0.5, 0.6) is 0 Å². The van der Waals surface area contributed by atoms with Gasteiger partial charge in [0.05, 0.1) is 12.7 Å². The molecular formula is C15H29NO2. The van der Waals surface area contributed by atoms with Crippen LogP contribution >= 0.6 is 0 Å². The van der Waals surface area contributed by atoms with E-state index in [1.165, 1.54) is 25.7 Å². The van der Waals surface area contributed by atoms with E-state index >= 15 is 0 Å². The largest absolute Gasteiger partial charge is 0.381 e. The molecule has 0 spiro atoms. The maximum Gasteiger partial charge on any atom is 0.0728 e. The summed E-state index contributed by atoms with van der Waals surface area (Å²) < 4.78 is 11.5. The first-order valence-electron chi connectivity index (χ1n) is 7.74. The molecule has 1 saturated heterocycles. The van der Waals surface area contributed by atoms with Gasteiger partial charge in [0.1, 0.15) is 0 Å². The van der Waals surface area contributed by atoms with Gasteiger partial charge in [-0.15, -0.1) is 0 Å². The van der Waals surface area contributed by atoms with Gasteiger partial charge in [0.2, 0.25) is 0 Å². The molecule has 3 unspecified atom stereocenters. The van der Waals surface area contributed by atoms with E-state index in [4.69, 9.17) is 15.2 Å². The first-order valence-corrected chi connectivity index (χ1v) is 7.74. The van der Waals surface area contributed by atoms with E-state index in [2.05, 4.69) is 6.92 Å². The Bertz CT molecular complexity index is 229. The van der Waals surface area contributed by atoms with Crippen molar-refractivity contribution in [1.82, 2.24) is 0 Å². The second kappa shape index (κ2) is 7.46. The third-order valence-corrected chi connectivity index (χ3v) is 4.54. The lowest BCUT2D eigenvalue weighted by molar-refractivity contribution is -0.0396. The Labute approximate surface area is 111 Å². The number of nitrogens with two attached hydrogens (primary N) is 1. The molecule has 0 aromatic carbocycles. The van der Waals surface area contributed by atoms with Gasteiger partial charge >= 0.3 is 0 Å². The van der Waals surface area contributed by atoms with Crippen LogP contribution in [0.25, 0.3) is 0 Å². The van der Waals surface area contributed by atoms with Gasteiger partial charge < -0.3 is 15.2 Å². The lowest BCUT2D eigenvalue weighted by Crippen LogP contribution is -2.43. The Hall–Kier alpha value is -0.120. The molecule has 2 N–H and O–H groups in total. The first-order chi connectivity index (χ1) is 8.79. The average Bonchev–Trinajstić information content (AvgIpc) is 2.41. The second-order valence-corrected chi connectivity index (χ2v) is 6.06. The molecule has 0 aromatic rings. The van der Waals surface area contributed by atoms with E-state index in [9.17, 15) is 0 Å². The highest BCUT2D eigenvalue weighted by atomic mass is 16.5. The third-order valence-electron chi connectivity index (χ3n) is 4.54. The number of ether oxygens (including phenoxy) is 2. The van der Waals surface area contributed by atoms with Crippen LogP contribution in [0, 0.1) is 11.8 Å². The molecule has 0 amide bonds. The summed E-state index contributed by atoms with van der Waals surface area (Å²) in [5.41, 5.74) is 6.20. The molecule has 1 aliphatic carbocycles. The highest BCUT2D eigenvalue weighted by Crippen LogP contribution is 2.29. The van der Waals surface area contributed by atoms with Gasteiger partial charge in [-0.1, -0.05) is 19.8 Å². The fourth-order valence-electron chi connectivity index (χ4n) is 3.27. The molecule has 1 heterocycles. The van der Waals surface area contributed by atoms with Gasteiger partial charge in [-0.05, 0) is 43.9 Å². The van der Waals surface area contributed by atoms with Gasteiger partial charge in [-0.3, -0.25) is 0 Å². The summed E-state index contributed by atoms with van der Waals surface area (Å²) >= 11 is 0. The summed E-state index contributed by atoms with van der Waals surface area (Å²) in [4.78, 5) is 0. The predicted octanol–water partition coefficient (Wildman–Crippen LogP) is 2.73. The standard InChI is InChI=1S/C15H29NO2/c1-2-3-12-4-5-14(16)15(10-12)18-11-13-6-8-17-9-7-13/h12-15H,2-11,16H2,1H3. The Morgan fingerprint density at radius 1 is 1.11 bits per heavy atom. The van der Waals surface area contributed by atoms with Crippen molar-refractivity contribution in [1.29, 1.82) is 0 Å². The van der Waals surface area contributed by atoms with E-state index in [-0.39, 0.29) is 6.04 Å². The van der Waals surface area contributed by atoms with Crippen molar-refractivity contribution in [2.75, 3.05) is 19.8 Å². The monoisotopic (exact) mass is 255 g/mol. The molecule has 0 aromatic heterocycles. The highest BCUT2D eigenvalue weighted by molar-refractivity contribution is 4.83. The normalized spacial score (nSPS) is 34.7. The van der Waals surface area contributed by atoms with Gasteiger partial charge in [0.15, 0.2) is 0 Å². The zero-order valence-corrected chi connectivity index (χ0v) is 11.8. The SMILES string of the molecule is CCCC1CCC(N)C(OCC2CCOCC2)C1. The summed E-state index contributed by atoms with van der Waals surface area (Å²) in [6.07, 6.45) is 8.85. The summed E-state index contributed by atoms with van der Waals surface area (Å²) in [6, 6.07) is 0.262. The minimum absolute atomic E-state index is 0.262. The van der Waals surface area contributed by atoms with E-state index in [0.29, 0.717) is 12.0 Å². The van der Waals surface area contributed by atoms with Crippen molar-refractivity contribution in [3.8, 4) is 0 Å². The van der Waals surface area contributed by atoms with Gasteiger partial charge in [0.25, 0.3) is 0 Å². The molecule has 1 aliphatic heterocycles. The predicted molar refractivity (Wildman–Crippen MR) is 73.5 cm³/mol. The van der Waals surface area contributed by atoms with E-state index in [1.54, 1.807) is 0 Å². The molecule has 18 heavy (non-hydrogen) atoms. The van der Waals surface area contributed by atoms with Crippen LogP contribution in [0.4, 0.5) is 0 Å². The molecule has 0 bridgehead atoms. The zero-order valence-electron chi connectivity index (χ0n) is 11.8. The quantitative estimate of drug-likeness (QED) is 0.821. The topological polar surface area (TPSA) is 44.5 Å². The van der Waals surface area contributed by atoms with Gasteiger partial charge in [0, 0.05) is 19.3 Å². The van der Waals surface area contributed by atoms with Crippen molar-refractivity contribution >= 4 is 0 Å². The van der Waals surface area contributed by atoms with E-state index in [0.717, 1.165) is 45.0 Å². The number of rotatable bonds is 5. The van der Waals surface area contributed by atoms with Crippen molar-refractivity contribution in [3.63, 3.8) is 0 Å². The molecule has 3 heteroatoms. The minimum Gasteiger partial charge on any atom is -0.381 e. The summed E-state index contributed by atoms with van der Waals surface area (Å²) in [5.74, 6) is 1.53. The average molecular weight is 255 g/mol. The van der Waals surface area contributed by atoms with Crippen LogP contribution in [0.15, 0.2) is 0 Å². The van der Waals surface area contributed by atoms with Crippen LogP contribution < -0.4 is 5.73 Å². The maximum atomic E-state index is 6.20. The summed E-state index contributed by atoms with van der Waals surface area (Å²) in [6.45, 7) is 4.97. The smallest absolute Gasteiger partial charge is 0.0728 e. The zero-order chi connectivity index (χ0) is 12.8. The number of hydrogen-bond donors (Lipinski definition) is 1. The van der Waals surface area contributed by atoms with Crippen molar-refractivity contribution < 1.29 is 9.47 Å². The molecule has 0 radical (unpaired) electrons. The minimum atomic E-state index is 0.262. The van der Waals surface area contributed by atoms with Crippen LogP contribution in [0.3, 0.4) is 0 Å². The van der Waals surface area contributed by atoms with Crippen molar-refractivity contribution in [3.05, 3.63) is 0 Å². The Morgan fingerprint density at radius 2 is 1.89 bits per heavy atom. The van der Waals surface area contributed by atoms with Gasteiger partial charge in [-0.25, -0.2) is 0 Å².